The van der Waals surface area contributed by atoms with E-state index in [9.17, 15) is 0 Å². The van der Waals surface area contributed by atoms with E-state index in [4.69, 9.17) is 10.2 Å². The second-order valence-corrected chi connectivity index (χ2v) is 8.77. The first-order chi connectivity index (χ1) is 3.42. The molecule has 0 aliphatic heterocycles. The summed E-state index contributed by atoms with van der Waals surface area (Å²) >= 11 is 0. The topological polar surface area (TPSA) is 40.5 Å². The summed E-state index contributed by atoms with van der Waals surface area (Å²) in [7, 11) is -1.22. The van der Waals surface area contributed by atoms with Crippen LogP contribution >= 0.6 is 0 Å². The van der Waals surface area contributed by atoms with Crippen LogP contribution in [0.4, 0.5) is 0 Å². The Morgan fingerprint density at radius 2 is 1.62 bits per heavy atom. The summed E-state index contributed by atoms with van der Waals surface area (Å²) in [6.45, 7) is 6.31. The van der Waals surface area contributed by atoms with Gasteiger partial charge in [0.1, 0.15) is 6.29 Å². The predicted octanol–water partition coefficient (Wildman–Crippen LogP) is 0.635. The molecule has 0 heterocycles. The maximum Gasteiger partial charge on any atom is 0.149 e. The van der Waals surface area contributed by atoms with Gasteiger partial charge >= 0.3 is 0 Å². The summed E-state index contributed by atoms with van der Waals surface area (Å²) in [5.41, 5.74) is 0. The fourth-order valence-electron chi connectivity index (χ4n) is 0.548. The summed E-state index contributed by atoms with van der Waals surface area (Å²) in [6, 6.07) is 0.576. The minimum atomic E-state index is -1.22. The van der Waals surface area contributed by atoms with E-state index < -0.39 is 14.4 Å². The van der Waals surface area contributed by atoms with E-state index in [0.29, 0.717) is 6.04 Å². The Bertz CT molecular complexity index is 65.3. The Kier molecular flexibility index (Phi) is 2.66. The molecule has 0 amide bonds. The van der Waals surface area contributed by atoms with Crippen molar-refractivity contribution in [3.8, 4) is 0 Å². The Morgan fingerprint density at radius 3 is 1.62 bits per heavy atom. The monoisotopic (exact) mass is 134 g/mol. The molecule has 0 radical (unpaired) electrons. The number of aliphatic hydroxyl groups is 2. The predicted molar refractivity (Wildman–Crippen MR) is 36.4 cm³/mol. The lowest BCUT2D eigenvalue weighted by molar-refractivity contribution is -0.0237. The van der Waals surface area contributed by atoms with E-state index >= 15 is 0 Å². The number of hydrogen-bond donors (Lipinski definition) is 2. The average molecular weight is 134 g/mol. The van der Waals surface area contributed by atoms with Gasteiger partial charge in [-0.15, -0.1) is 0 Å². The molecule has 8 heavy (non-hydrogen) atoms. The molecule has 2 N–H and O–H groups in total. The summed E-state index contributed by atoms with van der Waals surface area (Å²) in [6.07, 6.45) is -1.10. The molecule has 0 aromatic rings. The average Bonchev–Trinajstić information content (AvgIpc) is 1.21. The van der Waals surface area contributed by atoms with Gasteiger partial charge in [0, 0.05) is 8.07 Å². The summed E-state index contributed by atoms with van der Waals surface area (Å²) in [5.74, 6) is 0. The van der Waals surface area contributed by atoms with Crippen molar-refractivity contribution in [2.24, 2.45) is 0 Å². The first-order valence-corrected chi connectivity index (χ1v) is 6.49. The summed E-state index contributed by atoms with van der Waals surface area (Å²) in [4.78, 5) is 0. The van der Waals surface area contributed by atoms with Gasteiger partial charge in [-0.25, -0.2) is 0 Å². The lowest BCUT2D eigenvalue weighted by Gasteiger charge is -2.15. The Morgan fingerprint density at radius 1 is 1.25 bits per heavy atom. The summed E-state index contributed by atoms with van der Waals surface area (Å²) < 4.78 is 0. The zero-order chi connectivity index (χ0) is 6.78. The van der Waals surface area contributed by atoms with Crippen LogP contribution in [0.1, 0.15) is 0 Å². The number of hydrogen-bond acceptors (Lipinski definition) is 2. The van der Waals surface area contributed by atoms with Gasteiger partial charge in [0.25, 0.3) is 0 Å². The molecular formula is C5H14O2Si. The molecule has 0 bridgehead atoms. The Labute approximate surface area is 51.2 Å². The fraction of sp³-hybridized carbons (Fsp3) is 1.00. The molecule has 0 fully saturated rings. The van der Waals surface area contributed by atoms with Crippen LogP contribution in [0.25, 0.3) is 0 Å². The second kappa shape index (κ2) is 2.62. The third kappa shape index (κ3) is 6.14. The van der Waals surface area contributed by atoms with E-state index in [0.717, 1.165) is 0 Å². The molecule has 3 heteroatoms. The highest BCUT2D eigenvalue weighted by Crippen LogP contribution is 2.08. The SMILES string of the molecule is C[Si](C)(C)CC(O)O. The van der Waals surface area contributed by atoms with E-state index in [1.165, 1.54) is 0 Å². The number of aliphatic hydroxyl groups excluding tert-OH is 1. The zero-order valence-electron chi connectivity index (χ0n) is 5.68. The molecule has 0 saturated heterocycles. The molecule has 0 unspecified atom stereocenters. The molecular weight excluding hydrogens is 120 g/mol. The molecule has 0 rings (SSSR count). The van der Waals surface area contributed by atoms with Gasteiger partial charge in [0.05, 0.1) is 0 Å². The normalized spacial score (nSPS) is 12.8. The van der Waals surface area contributed by atoms with Gasteiger partial charge in [0.15, 0.2) is 0 Å². The van der Waals surface area contributed by atoms with Crippen molar-refractivity contribution in [3.63, 3.8) is 0 Å². The molecule has 0 aliphatic rings. The maximum absolute atomic E-state index is 8.48. The van der Waals surface area contributed by atoms with Gasteiger partial charge in [0.2, 0.25) is 0 Å². The van der Waals surface area contributed by atoms with Crippen molar-refractivity contribution < 1.29 is 10.2 Å². The van der Waals surface area contributed by atoms with Crippen LogP contribution in [0.3, 0.4) is 0 Å². The van der Waals surface area contributed by atoms with E-state index in [1.807, 2.05) is 0 Å². The van der Waals surface area contributed by atoms with Crippen molar-refractivity contribution in [2.45, 2.75) is 32.0 Å². The van der Waals surface area contributed by atoms with Gasteiger partial charge < -0.3 is 10.2 Å². The molecule has 0 atom stereocenters. The molecule has 0 aliphatic carbocycles. The summed E-state index contributed by atoms with van der Waals surface area (Å²) in [5, 5.41) is 17.0. The highest BCUT2D eigenvalue weighted by Gasteiger charge is 2.16. The van der Waals surface area contributed by atoms with Gasteiger partial charge in [-0.2, -0.15) is 0 Å². The number of rotatable bonds is 2. The quantitative estimate of drug-likeness (QED) is 0.430. The van der Waals surface area contributed by atoms with E-state index in [1.54, 1.807) is 0 Å². The van der Waals surface area contributed by atoms with Crippen LogP contribution in [0.15, 0.2) is 0 Å². The van der Waals surface area contributed by atoms with Crippen molar-refractivity contribution in [1.82, 2.24) is 0 Å². The van der Waals surface area contributed by atoms with Crippen molar-refractivity contribution in [3.05, 3.63) is 0 Å². The molecule has 50 valence electrons. The standard InChI is InChI=1S/C5H14O2Si/c1-8(2,3)4-5(6)7/h5-7H,4H2,1-3H3. The molecule has 0 aromatic heterocycles. The highest BCUT2D eigenvalue weighted by atomic mass is 28.3. The van der Waals surface area contributed by atoms with Crippen molar-refractivity contribution in [1.29, 1.82) is 0 Å². The second-order valence-electron chi connectivity index (χ2n) is 3.25. The lowest BCUT2D eigenvalue weighted by Crippen LogP contribution is -2.26. The van der Waals surface area contributed by atoms with Gasteiger partial charge in [-0.3, -0.25) is 0 Å². The minimum absolute atomic E-state index is 0.576. The van der Waals surface area contributed by atoms with Crippen molar-refractivity contribution >= 4 is 8.07 Å². The first kappa shape index (κ1) is 8.14. The third-order valence-corrected chi connectivity index (χ3v) is 2.38. The lowest BCUT2D eigenvalue weighted by atomic mass is 10.8. The maximum atomic E-state index is 8.48. The Balaban J connectivity index is 3.39. The van der Waals surface area contributed by atoms with Crippen LogP contribution in [0.5, 0.6) is 0 Å². The van der Waals surface area contributed by atoms with Gasteiger partial charge in [-0.1, -0.05) is 19.6 Å². The molecule has 0 aromatic carbocycles. The first-order valence-electron chi connectivity index (χ1n) is 2.78. The van der Waals surface area contributed by atoms with Crippen LogP contribution in [-0.2, 0) is 0 Å². The largest absolute Gasteiger partial charge is 0.368 e. The molecule has 0 spiro atoms. The smallest absolute Gasteiger partial charge is 0.149 e. The fourth-order valence-corrected chi connectivity index (χ4v) is 1.64. The van der Waals surface area contributed by atoms with Crippen LogP contribution in [-0.4, -0.2) is 24.6 Å². The van der Waals surface area contributed by atoms with Crippen LogP contribution in [0, 0.1) is 0 Å². The molecule has 2 nitrogen and oxygen atoms in total. The minimum Gasteiger partial charge on any atom is -0.368 e. The van der Waals surface area contributed by atoms with E-state index in [2.05, 4.69) is 19.6 Å². The highest BCUT2D eigenvalue weighted by molar-refractivity contribution is 6.76. The third-order valence-electron chi connectivity index (χ3n) is 0.795. The zero-order valence-corrected chi connectivity index (χ0v) is 6.68. The van der Waals surface area contributed by atoms with Crippen LogP contribution < -0.4 is 0 Å². The molecule has 0 saturated carbocycles. The van der Waals surface area contributed by atoms with Crippen molar-refractivity contribution in [2.75, 3.05) is 0 Å². The Hall–Kier alpha value is 0.137. The van der Waals surface area contributed by atoms with E-state index in [-0.39, 0.29) is 0 Å². The van der Waals surface area contributed by atoms with Crippen LogP contribution in [0.2, 0.25) is 25.7 Å². The van der Waals surface area contributed by atoms with Gasteiger partial charge in [-0.05, 0) is 6.04 Å².